The van der Waals surface area contributed by atoms with Gasteiger partial charge in [-0.25, -0.2) is 8.78 Å². The molecule has 192 valence electrons. The fraction of sp³-hybridized carbons (Fsp3) is 0.481. The summed E-state index contributed by atoms with van der Waals surface area (Å²) < 4.78 is 28.0. The molecule has 3 heterocycles. The topological polar surface area (TPSA) is 68.7 Å². The molecule has 1 aromatic heterocycles. The van der Waals surface area contributed by atoms with Gasteiger partial charge in [-0.3, -0.25) is 14.7 Å². The number of benzene rings is 1. The Morgan fingerprint density at radius 3 is 2.75 bits per heavy atom. The van der Waals surface area contributed by atoms with E-state index in [1.807, 2.05) is 23.2 Å². The van der Waals surface area contributed by atoms with E-state index in [2.05, 4.69) is 38.4 Å². The van der Waals surface area contributed by atoms with Crippen molar-refractivity contribution in [2.24, 2.45) is 0 Å². The lowest BCUT2D eigenvalue weighted by Crippen LogP contribution is -2.46. The lowest BCUT2D eigenvalue weighted by atomic mass is 10.0. The molecule has 2 fully saturated rings. The number of fused-ring (bicyclic) bond motifs is 1. The van der Waals surface area contributed by atoms with Crippen LogP contribution in [-0.4, -0.2) is 63.9 Å². The number of hydrogen-bond donors (Lipinski definition) is 2. The van der Waals surface area contributed by atoms with Crippen molar-refractivity contribution in [3.05, 3.63) is 56.6 Å². The third-order valence-electron chi connectivity index (χ3n) is 7.36. The maximum atomic E-state index is 13.6. The quantitative estimate of drug-likeness (QED) is 0.584. The molecule has 1 aliphatic carbocycles. The molecule has 0 radical (unpaired) electrons. The Morgan fingerprint density at radius 2 is 1.94 bits per heavy atom. The van der Waals surface area contributed by atoms with Gasteiger partial charge in [0.05, 0.1) is 5.56 Å². The Kier molecular flexibility index (Phi) is 7.42. The minimum Gasteiger partial charge on any atom is -0.380 e. The first-order valence-electron chi connectivity index (χ1n) is 12.6. The zero-order chi connectivity index (χ0) is 25.3. The summed E-state index contributed by atoms with van der Waals surface area (Å²) in [6.45, 7) is 1.46. The number of amides is 1. The molecule has 2 saturated heterocycles. The average Bonchev–Trinajstić information content (AvgIpc) is 2.89. The summed E-state index contributed by atoms with van der Waals surface area (Å²) in [6, 6.07) is 5.50. The van der Waals surface area contributed by atoms with Gasteiger partial charge in [0.25, 0.3) is 11.8 Å². The molecule has 1 unspecified atom stereocenters. The van der Waals surface area contributed by atoms with Crippen LogP contribution in [0.2, 0.25) is 0 Å². The summed E-state index contributed by atoms with van der Waals surface area (Å²) >= 11 is 3.45. The predicted molar refractivity (Wildman–Crippen MR) is 139 cm³/mol. The van der Waals surface area contributed by atoms with E-state index in [9.17, 15) is 18.7 Å². The Morgan fingerprint density at radius 1 is 1.17 bits per heavy atom. The highest BCUT2D eigenvalue weighted by Crippen LogP contribution is 2.31. The molecule has 2 aliphatic heterocycles. The van der Waals surface area contributed by atoms with Gasteiger partial charge in [0.2, 0.25) is 0 Å². The number of carbonyl (C=O) groups excluding carboxylic acids is 1. The lowest BCUT2D eigenvalue weighted by molar-refractivity contribution is -0.0494. The van der Waals surface area contributed by atoms with Gasteiger partial charge in [-0.1, -0.05) is 28.1 Å². The largest absolute Gasteiger partial charge is 0.380 e. The van der Waals surface area contributed by atoms with Crippen LogP contribution in [0.4, 0.5) is 14.5 Å². The summed E-state index contributed by atoms with van der Waals surface area (Å²) in [5, 5.41) is 16.9. The zero-order valence-electron chi connectivity index (χ0n) is 20.1. The monoisotopic (exact) mass is 560 g/mol. The van der Waals surface area contributed by atoms with Gasteiger partial charge in [-0.15, -0.1) is 0 Å². The van der Waals surface area contributed by atoms with Gasteiger partial charge >= 0.3 is 0 Å². The number of piperidine rings is 2. The second-order valence-electron chi connectivity index (χ2n) is 9.91. The Bertz CT molecular complexity index is 1240. The van der Waals surface area contributed by atoms with Crippen molar-refractivity contribution in [2.45, 2.75) is 56.7 Å². The molecule has 3 aliphatic rings. The SMILES string of the molecule is O=C(c1cc(Br)ccc1N[C@@H]1CCCN(C(O)c2cncc3c2=CCCC=3)C1)N1CCC(F)(F)CC1. The molecule has 0 saturated carbocycles. The van der Waals surface area contributed by atoms with E-state index in [1.165, 1.54) is 4.90 Å². The molecule has 2 atom stereocenters. The summed E-state index contributed by atoms with van der Waals surface area (Å²) in [6.07, 6.45) is 10.3. The van der Waals surface area contributed by atoms with E-state index < -0.39 is 12.2 Å². The fourth-order valence-corrected chi connectivity index (χ4v) is 5.72. The highest BCUT2D eigenvalue weighted by atomic mass is 79.9. The van der Waals surface area contributed by atoms with E-state index in [1.54, 1.807) is 12.3 Å². The Labute approximate surface area is 217 Å². The molecular weight excluding hydrogens is 530 g/mol. The number of alkyl halides is 2. The average molecular weight is 561 g/mol. The normalized spacial score (nSPS) is 22.7. The molecule has 0 spiro atoms. The first kappa shape index (κ1) is 25.3. The van der Waals surface area contributed by atoms with E-state index in [4.69, 9.17) is 0 Å². The maximum absolute atomic E-state index is 13.6. The van der Waals surface area contributed by atoms with Gasteiger partial charge in [-0.05, 0) is 54.3 Å². The molecular formula is C27H31BrF2N4O2. The van der Waals surface area contributed by atoms with Crippen molar-refractivity contribution < 1.29 is 18.7 Å². The number of nitrogens with one attached hydrogen (secondary N) is 1. The summed E-state index contributed by atoms with van der Waals surface area (Å²) in [5.41, 5.74) is 1.98. The van der Waals surface area contributed by atoms with Crippen molar-refractivity contribution in [3.8, 4) is 0 Å². The van der Waals surface area contributed by atoms with Crippen LogP contribution in [-0.2, 0) is 0 Å². The van der Waals surface area contributed by atoms with E-state index in [0.717, 1.165) is 52.7 Å². The molecule has 0 bridgehead atoms. The second kappa shape index (κ2) is 10.6. The van der Waals surface area contributed by atoms with Crippen molar-refractivity contribution in [1.29, 1.82) is 0 Å². The molecule has 2 aromatic rings. The number of aromatic nitrogens is 1. The number of rotatable bonds is 5. The molecule has 5 rings (SSSR count). The summed E-state index contributed by atoms with van der Waals surface area (Å²) in [7, 11) is 0. The fourth-order valence-electron chi connectivity index (χ4n) is 5.36. The Hall–Kier alpha value is -2.36. The zero-order valence-corrected chi connectivity index (χ0v) is 21.7. The maximum Gasteiger partial charge on any atom is 0.255 e. The van der Waals surface area contributed by atoms with Crippen LogP contribution < -0.4 is 15.8 Å². The summed E-state index contributed by atoms with van der Waals surface area (Å²) in [4.78, 5) is 21.2. The number of aliphatic hydroxyl groups excluding tert-OH is 1. The van der Waals surface area contributed by atoms with Crippen molar-refractivity contribution in [1.82, 2.24) is 14.8 Å². The predicted octanol–water partition coefficient (Wildman–Crippen LogP) is 3.64. The first-order valence-corrected chi connectivity index (χ1v) is 13.4. The second-order valence-corrected chi connectivity index (χ2v) is 10.8. The highest BCUT2D eigenvalue weighted by Gasteiger charge is 2.36. The smallest absolute Gasteiger partial charge is 0.255 e. The van der Waals surface area contributed by atoms with Gasteiger partial charge in [0.15, 0.2) is 0 Å². The van der Waals surface area contributed by atoms with Crippen LogP contribution >= 0.6 is 15.9 Å². The van der Waals surface area contributed by atoms with Crippen LogP contribution in [0, 0.1) is 0 Å². The number of hydrogen-bond acceptors (Lipinski definition) is 5. The van der Waals surface area contributed by atoms with Crippen LogP contribution in [0.3, 0.4) is 0 Å². The van der Waals surface area contributed by atoms with Crippen molar-refractivity contribution >= 4 is 39.7 Å². The minimum atomic E-state index is -2.70. The minimum absolute atomic E-state index is 0.0230. The number of pyridine rings is 1. The first-order chi connectivity index (χ1) is 17.3. The number of carbonyl (C=O) groups is 1. The Balaban J connectivity index is 1.32. The lowest BCUT2D eigenvalue weighted by Gasteiger charge is -2.37. The van der Waals surface area contributed by atoms with Crippen molar-refractivity contribution in [2.75, 3.05) is 31.5 Å². The van der Waals surface area contributed by atoms with Crippen LogP contribution in [0.5, 0.6) is 0 Å². The van der Waals surface area contributed by atoms with Gasteiger partial charge in [-0.2, -0.15) is 0 Å². The van der Waals surface area contributed by atoms with Gasteiger partial charge in [0, 0.05) is 73.2 Å². The number of halogens is 3. The third kappa shape index (κ3) is 5.48. The van der Waals surface area contributed by atoms with Gasteiger partial charge in [0.1, 0.15) is 6.23 Å². The molecule has 6 nitrogen and oxygen atoms in total. The number of anilines is 1. The number of nitrogens with zero attached hydrogens (tertiary/aromatic N) is 3. The van der Waals surface area contributed by atoms with E-state index in [-0.39, 0.29) is 37.9 Å². The summed E-state index contributed by atoms with van der Waals surface area (Å²) in [5.74, 6) is -2.94. The van der Waals surface area contributed by atoms with Crippen LogP contribution in [0.1, 0.15) is 60.7 Å². The molecule has 2 N–H and O–H groups in total. The molecule has 1 aromatic carbocycles. The highest BCUT2D eigenvalue weighted by molar-refractivity contribution is 9.10. The molecule has 1 amide bonds. The van der Waals surface area contributed by atoms with Crippen molar-refractivity contribution in [3.63, 3.8) is 0 Å². The number of likely N-dealkylation sites (tertiary alicyclic amines) is 2. The molecule has 36 heavy (non-hydrogen) atoms. The van der Waals surface area contributed by atoms with Crippen LogP contribution in [0.15, 0.2) is 35.1 Å². The van der Waals surface area contributed by atoms with E-state index >= 15 is 0 Å². The van der Waals surface area contributed by atoms with Gasteiger partial charge < -0.3 is 15.3 Å². The number of aliphatic hydroxyl groups is 1. The van der Waals surface area contributed by atoms with E-state index in [0.29, 0.717) is 17.8 Å². The third-order valence-corrected chi connectivity index (χ3v) is 7.85. The standard InChI is InChI=1S/C27H31BrF2N4O2/c28-19-7-8-24(22(14-19)25(35)33-12-9-27(29,30)10-13-33)32-20-5-3-11-34(17-20)26(36)23-16-31-15-18-4-1-2-6-21(18)23/h4,6-8,14-16,20,26,32,36H,1-3,5,9-13,17H2/t20-,26?/m1/s1. The van der Waals surface area contributed by atoms with Crippen LogP contribution in [0.25, 0.3) is 12.2 Å². The molecule has 9 heteroatoms.